The van der Waals surface area contributed by atoms with E-state index in [1.165, 1.54) is 43.8 Å². The summed E-state index contributed by atoms with van der Waals surface area (Å²) in [5.74, 6) is 4.39. The normalized spacial score (nSPS) is 10.9. The molecule has 0 heterocycles. The molecule has 206 valence electrons. The number of rotatable bonds is 11. The van der Waals surface area contributed by atoms with Gasteiger partial charge in [0.05, 0.1) is 13.2 Å². The number of hydrogen-bond donors (Lipinski definition) is 0. The van der Waals surface area contributed by atoms with Gasteiger partial charge in [0.25, 0.3) is 0 Å². The molecule has 0 atom stereocenters. The first-order chi connectivity index (χ1) is 20.8. The fraction of sp³-hybridized carbons (Fsp3) is 0.150. The van der Waals surface area contributed by atoms with Crippen LogP contribution in [0.3, 0.4) is 0 Å². The van der Waals surface area contributed by atoms with Crippen LogP contribution in [0, 0.1) is 12.3 Å². The lowest BCUT2D eigenvalue weighted by atomic mass is 9.86. The Bertz CT molecular complexity index is 1770. The Balaban J connectivity index is 1.11. The Morgan fingerprint density at radius 1 is 0.452 bits per heavy atom. The standard InChI is InChI=1S/C40H34O2/c1-2-30-15-14-18-34(29-30)42-28-13-4-3-12-27-41-33-25-23-32(24-26-33)40-37-21-10-8-19-35(37)39(31-16-6-5-7-17-31)36-20-9-11-22-38(36)40/h1,5-11,14-26,29H,3-4,12-13,27-28H2. The molecule has 6 aromatic rings. The fourth-order valence-corrected chi connectivity index (χ4v) is 5.69. The number of fused-ring (bicyclic) bond motifs is 2. The molecule has 0 unspecified atom stereocenters. The van der Waals surface area contributed by atoms with Crippen molar-refractivity contribution in [3.05, 3.63) is 133 Å². The third kappa shape index (κ3) is 6.02. The van der Waals surface area contributed by atoms with Crippen LogP contribution >= 0.6 is 0 Å². The highest BCUT2D eigenvalue weighted by Crippen LogP contribution is 2.43. The van der Waals surface area contributed by atoms with E-state index in [0.29, 0.717) is 13.2 Å². The molecule has 0 aliphatic carbocycles. The minimum atomic E-state index is 0.700. The van der Waals surface area contributed by atoms with Crippen molar-refractivity contribution in [3.8, 4) is 46.1 Å². The van der Waals surface area contributed by atoms with Crippen molar-refractivity contribution in [1.82, 2.24) is 0 Å². The maximum atomic E-state index is 6.10. The Kier molecular flexibility index (Phi) is 8.48. The van der Waals surface area contributed by atoms with Gasteiger partial charge in [-0.2, -0.15) is 0 Å². The van der Waals surface area contributed by atoms with Crippen molar-refractivity contribution in [2.24, 2.45) is 0 Å². The zero-order valence-corrected chi connectivity index (χ0v) is 23.8. The van der Waals surface area contributed by atoms with Crippen LogP contribution in [0.1, 0.15) is 31.2 Å². The van der Waals surface area contributed by atoms with Gasteiger partial charge >= 0.3 is 0 Å². The quantitative estimate of drug-likeness (QED) is 0.0914. The number of terminal acetylenes is 1. The maximum absolute atomic E-state index is 6.10. The molecule has 0 saturated carbocycles. The van der Waals surface area contributed by atoms with Crippen LogP contribution in [0.25, 0.3) is 43.8 Å². The predicted molar refractivity (Wildman–Crippen MR) is 176 cm³/mol. The molecule has 0 amide bonds. The first-order valence-corrected chi connectivity index (χ1v) is 14.7. The molecule has 0 radical (unpaired) electrons. The Morgan fingerprint density at radius 3 is 1.50 bits per heavy atom. The average Bonchev–Trinajstić information content (AvgIpc) is 3.05. The molecule has 0 aromatic heterocycles. The molecule has 0 spiro atoms. The van der Waals surface area contributed by atoms with Crippen molar-refractivity contribution in [1.29, 1.82) is 0 Å². The smallest absolute Gasteiger partial charge is 0.120 e. The molecule has 2 heteroatoms. The van der Waals surface area contributed by atoms with E-state index >= 15 is 0 Å². The zero-order valence-electron chi connectivity index (χ0n) is 23.8. The molecular formula is C40H34O2. The second kappa shape index (κ2) is 13.1. The van der Waals surface area contributed by atoms with Crippen LogP contribution < -0.4 is 9.47 Å². The SMILES string of the molecule is C#Cc1cccc(OCCCCCCOc2ccc(-c3c4ccccc4c(-c4ccccc4)c4ccccc34)cc2)c1. The minimum absolute atomic E-state index is 0.700. The van der Waals surface area contributed by atoms with Crippen molar-refractivity contribution >= 4 is 21.5 Å². The van der Waals surface area contributed by atoms with Crippen LogP contribution in [-0.2, 0) is 0 Å². The molecule has 0 fully saturated rings. The van der Waals surface area contributed by atoms with E-state index < -0.39 is 0 Å². The van der Waals surface area contributed by atoms with Gasteiger partial charge in [0.1, 0.15) is 11.5 Å². The summed E-state index contributed by atoms with van der Waals surface area (Å²) in [6.07, 6.45) is 9.71. The number of benzene rings is 6. The number of unbranched alkanes of at least 4 members (excludes halogenated alkanes) is 3. The third-order valence-corrected chi connectivity index (χ3v) is 7.71. The highest BCUT2D eigenvalue weighted by atomic mass is 16.5. The van der Waals surface area contributed by atoms with Crippen LogP contribution in [-0.4, -0.2) is 13.2 Å². The van der Waals surface area contributed by atoms with E-state index in [1.807, 2.05) is 24.3 Å². The van der Waals surface area contributed by atoms with E-state index in [1.54, 1.807) is 0 Å². The summed E-state index contributed by atoms with van der Waals surface area (Å²) >= 11 is 0. The number of ether oxygens (including phenoxy) is 2. The first kappa shape index (κ1) is 27.2. The van der Waals surface area contributed by atoms with E-state index in [2.05, 4.69) is 109 Å². The van der Waals surface area contributed by atoms with Gasteiger partial charge in [0, 0.05) is 5.56 Å². The van der Waals surface area contributed by atoms with Gasteiger partial charge in [0.2, 0.25) is 0 Å². The van der Waals surface area contributed by atoms with Gasteiger partial charge in [-0.15, -0.1) is 6.42 Å². The minimum Gasteiger partial charge on any atom is -0.494 e. The molecule has 0 aliphatic heterocycles. The molecule has 42 heavy (non-hydrogen) atoms. The summed E-state index contributed by atoms with van der Waals surface area (Å²) in [5, 5.41) is 5.06. The van der Waals surface area contributed by atoms with Gasteiger partial charge in [-0.1, -0.05) is 103 Å². The van der Waals surface area contributed by atoms with Gasteiger partial charge in [-0.25, -0.2) is 0 Å². The summed E-state index contributed by atoms with van der Waals surface area (Å²) in [6, 6.07) is 44.5. The Hall–Kier alpha value is -5.00. The molecule has 2 nitrogen and oxygen atoms in total. The highest BCUT2D eigenvalue weighted by molar-refractivity contribution is 6.21. The molecular weight excluding hydrogens is 512 g/mol. The van der Waals surface area contributed by atoms with Crippen molar-refractivity contribution < 1.29 is 9.47 Å². The molecule has 6 rings (SSSR count). The van der Waals surface area contributed by atoms with E-state index in [9.17, 15) is 0 Å². The molecule has 0 bridgehead atoms. The Morgan fingerprint density at radius 2 is 0.952 bits per heavy atom. The van der Waals surface area contributed by atoms with Crippen molar-refractivity contribution in [2.45, 2.75) is 25.7 Å². The fourth-order valence-electron chi connectivity index (χ4n) is 5.69. The molecule has 0 saturated heterocycles. The summed E-state index contributed by atoms with van der Waals surface area (Å²) in [7, 11) is 0. The lowest BCUT2D eigenvalue weighted by molar-refractivity contribution is 0.287. The van der Waals surface area contributed by atoms with Crippen LogP contribution in [0.15, 0.2) is 127 Å². The van der Waals surface area contributed by atoms with E-state index in [4.69, 9.17) is 15.9 Å². The van der Waals surface area contributed by atoms with E-state index in [-0.39, 0.29) is 0 Å². The lowest BCUT2D eigenvalue weighted by Gasteiger charge is -2.18. The topological polar surface area (TPSA) is 18.5 Å². The second-order valence-corrected chi connectivity index (χ2v) is 10.5. The summed E-state index contributed by atoms with van der Waals surface area (Å²) in [6.45, 7) is 1.41. The Labute approximate surface area is 248 Å². The van der Waals surface area contributed by atoms with Gasteiger partial charge in [0.15, 0.2) is 0 Å². The predicted octanol–water partition coefficient (Wildman–Crippen LogP) is 10.3. The third-order valence-electron chi connectivity index (χ3n) is 7.71. The monoisotopic (exact) mass is 546 g/mol. The van der Waals surface area contributed by atoms with Gasteiger partial charge in [-0.3, -0.25) is 0 Å². The summed E-state index contributed by atoms with van der Waals surface area (Å²) in [4.78, 5) is 0. The molecule has 0 N–H and O–H groups in total. The molecule has 0 aliphatic rings. The van der Waals surface area contributed by atoms with Crippen molar-refractivity contribution in [2.75, 3.05) is 13.2 Å². The van der Waals surface area contributed by atoms with E-state index in [0.717, 1.165) is 42.7 Å². The average molecular weight is 547 g/mol. The van der Waals surface area contributed by atoms with Gasteiger partial charge in [-0.05, 0) is 99.8 Å². The zero-order chi connectivity index (χ0) is 28.6. The second-order valence-electron chi connectivity index (χ2n) is 10.5. The van der Waals surface area contributed by atoms with Crippen molar-refractivity contribution in [3.63, 3.8) is 0 Å². The molecule has 6 aromatic carbocycles. The lowest BCUT2D eigenvalue weighted by Crippen LogP contribution is -2.00. The van der Waals surface area contributed by atoms with Crippen LogP contribution in [0.2, 0.25) is 0 Å². The highest BCUT2D eigenvalue weighted by Gasteiger charge is 2.16. The summed E-state index contributed by atoms with van der Waals surface area (Å²) in [5.41, 5.74) is 5.83. The first-order valence-electron chi connectivity index (χ1n) is 14.7. The summed E-state index contributed by atoms with van der Waals surface area (Å²) < 4.78 is 11.9. The van der Waals surface area contributed by atoms with Crippen LogP contribution in [0.5, 0.6) is 11.5 Å². The van der Waals surface area contributed by atoms with Crippen LogP contribution in [0.4, 0.5) is 0 Å². The largest absolute Gasteiger partial charge is 0.494 e. The number of hydrogen-bond acceptors (Lipinski definition) is 2. The maximum Gasteiger partial charge on any atom is 0.120 e. The van der Waals surface area contributed by atoms with Gasteiger partial charge < -0.3 is 9.47 Å².